The molecule has 0 N–H and O–H groups in total. The highest BCUT2D eigenvalue weighted by molar-refractivity contribution is 5.69. The number of unbranched alkanes of at least 4 members (excludes halogenated alkanes) is 6. The second-order valence-electron chi connectivity index (χ2n) is 5.25. The van der Waals surface area contributed by atoms with Crippen LogP contribution in [0.3, 0.4) is 0 Å². The van der Waals surface area contributed by atoms with Crippen molar-refractivity contribution in [1.82, 2.24) is 4.90 Å². The minimum atomic E-state index is -0.0256. The molecule has 0 aliphatic carbocycles. The normalized spacial score (nSPS) is 10.9. The maximum absolute atomic E-state index is 11.4. The van der Waals surface area contributed by atoms with E-state index in [9.17, 15) is 4.79 Å². The average molecular weight is 257 g/mol. The maximum Gasteiger partial charge on any atom is 0.305 e. The predicted molar refractivity (Wildman–Crippen MR) is 76.7 cm³/mol. The highest BCUT2D eigenvalue weighted by Crippen LogP contribution is 2.05. The van der Waals surface area contributed by atoms with Gasteiger partial charge in [-0.2, -0.15) is 0 Å². The van der Waals surface area contributed by atoms with Crippen LogP contribution in [0.4, 0.5) is 0 Å². The summed E-state index contributed by atoms with van der Waals surface area (Å²) >= 11 is 0. The van der Waals surface area contributed by atoms with Gasteiger partial charge < -0.3 is 9.64 Å². The first-order valence-corrected chi connectivity index (χ1v) is 7.47. The zero-order valence-corrected chi connectivity index (χ0v) is 12.5. The van der Waals surface area contributed by atoms with Crippen LogP contribution in [0.2, 0.25) is 0 Å². The fraction of sp³-hybridized carbons (Fsp3) is 0.933. The zero-order chi connectivity index (χ0) is 13.6. The molecule has 0 aliphatic rings. The molecule has 0 saturated heterocycles. The number of esters is 1. The van der Waals surface area contributed by atoms with Crippen molar-refractivity contribution in [2.75, 3.05) is 27.2 Å². The van der Waals surface area contributed by atoms with E-state index in [-0.39, 0.29) is 5.97 Å². The van der Waals surface area contributed by atoms with Gasteiger partial charge in [0.25, 0.3) is 0 Å². The lowest BCUT2D eigenvalue weighted by atomic mass is 10.1. The van der Waals surface area contributed by atoms with Gasteiger partial charge in [-0.25, -0.2) is 0 Å². The lowest BCUT2D eigenvalue weighted by molar-refractivity contribution is -0.143. The Balaban J connectivity index is 3.17. The van der Waals surface area contributed by atoms with Gasteiger partial charge in [-0.15, -0.1) is 0 Å². The van der Waals surface area contributed by atoms with Crippen LogP contribution in [-0.4, -0.2) is 38.1 Å². The number of carbonyl (C=O) groups excluding carboxylic acids is 1. The molecule has 0 saturated carbocycles. The van der Waals surface area contributed by atoms with Crippen LogP contribution in [0.5, 0.6) is 0 Å². The fourth-order valence-corrected chi connectivity index (χ4v) is 1.84. The van der Waals surface area contributed by atoms with E-state index in [1.807, 2.05) is 0 Å². The molecule has 0 spiro atoms. The first kappa shape index (κ1) is 17.4. The summed E-state index contributed by atoms with van der Waals surface area (Å²) in [6, 6.07) is 0. The summed E-state index contributed by atoms with van der Waals surface area (Å²) in [6.07, 6.45) is 9.98. The first-order valence-electron chi connectivity index (χ1n) is 7.47. The molecule has 0 rings (SSSR count). The van der Waals surface area contributed by atoms with Gasteiger partial charge in [0.15, 0.2) is 0 Å². The van der Waals surface area contributed by atoms with Crippen molar-refractivity contribution in [2.24, 2.45) is 0 Å². The number of carbonyl (C=O) groups is 1. The Morgan fingerprint density at radius 3 is 2.28 bits per heavy atom. The quantitative estimate of drug-likeness (QED) is 0.395. The molecule has 0 unspecified atom stereocenters. The lowest BCUT2D eigenvalue weighted by Gasteiger charge is -2.08. The summed E-state index contributed by atoms with van der Waals surface area (Å²) in [5, 5.41) is 0. The predicted octanol–water partition coefficient (Wildman–Crippen LogP) is 3.62. The number of rotatable bonds is 12. The third-order valence-electron chi connectivity index (χ3n) is 3.00. The molecule has 0 amide bonds. The molecule has 0 aromatic heterocycles. The van der Waals surface area contributed by atoms with Crippen LogP contribution >= 0.6 is 0 Å². The molecule has 0 aromatic carbocycles. The van der Waals surface area contributed by atoms with Gasteiger partial charge in [-0.05, 0) is 39.9 Å². The van der Waals surface area contributed by atoms with Gasteiger partial charge >= 0.3 is 5.97 Å². The first-order chi connectivity index (χ1) is 8.66. The molecule has 3 nitrogen and oxygen atoms in total. The molecular formula is C15H31NO2. The SMILES string of the molecule is CCCCCCCCOC(=O)CCCCN(C)C. The second kappa shape index (κ2) is 12.9. The molecule has 0 aromatic rings. The fourth-order valence-electron chi connectivity index (χ4n) is 1.84. The molecule has 0 heterocycles. The van der Waals surface area contributed by atoms with Crippen molar-refractivity contribution in [1.29, 1.82) is 0 Å². The van der Waals surface area contributed by atoms with E-state index in [0.29, 0.717) is 13.0 Å². The molecular weight excluding hydrogens is 226 g/mol. The van der Waals surface area contributed by atoms with Crippen molar-refractivity contribution in [3.8, 4) is 0 Å². The summed E-state index contributed by atoms with van der Waals surface area (Å²) < 4.78 is 5.20. The Kier molecular flexibility index (Phi) is 12.5. The van der Waals surface area contributed by atoms with E-state index >= 15 is 0 Å². The molecule has 0 radical (unpaired) electrons. The van der Waals surface area contributed by atoms with Gasteiger partial charge in [0.1, 0.15) is 0 Å². The van der Waals surface area contributed by atoms with Crippen LogP contribution in [0.25, 0.3) is 0 Å². The maximum atomic E-state index is 11.4. The largest absolute Gasteiger partial charge is 0.466 e. The standard InChI is InChI=1S/C15H31NO2/c1-4-5-6-7-8-11-14-18-15(17)12-9-10-13-16(2)3/h4-14H2,1-3H3. The summed E-state index contributed by atoms with van der Waals surface area (Å²) in [6.45, 7) is 3.88. The Bertz CT molecular complexity index is 193. The number of hydrogen-bond donors (Lipinski definition) is 0. The number of nitrogens with zero attached hydrogens (tertiary/aromatic N) is 1. The third kappa shape index (κ3) is 13.5. The van der Waals surface area contributed by atoms with Gasteiger partial charge in [0.2, 0.25) is 0 Å². The number of ether oxygens (including phenoxy) is 1. The summed E-state index contributed by atoms with van der Waals surface area (Å²) in [5.41, 5.74) is 0. The smallest absolute Gasteiger partial charge is 0.305 e. The summed E-state index contributed by atoms with van der Waals surface area (Å²) in [7, 11) is 4.10. The van der Waals surface area contributed by atoms with Crippen LogP contribution in [0.15, 0.2) is 0 Å². The molecule has 0 fully saturated rings. The zero-order valence-electron chi connectivity index (χ0n) is 12.5. The minimum Gasteiger partial charge on any atom is -0.466 e. The van der Waals surface area contributed by atoms with Crippen LogP contribution in [0.1, 0.15) is 64.7 Å². The van der Waals surface area contributed by atoms with Gasteiger partial charge in [0, 0.05) is 6.42 Å². The van der Waals surface area contributed by atoms with Crippen molar-refractivity contribution in [2.45, 2.75) is 64.7 Å². The van der Waals surface area contributed by atoms with E-state index in [0.717, 1.165) is 25.8 Å². The van der Waals surface area contributed by atoms with Crippen molar-refractivity contribution >= 4 is 5.97 Å². The molecule has 108 valence electrons. The van der Waals surface area contributed by atoms with E-state index in [1.54, 1.807) is 0 Å². The second-order valence-corrected chi connectivity index (χ2v) is 5.25. The van der Waals surface area contributed by atoms with Gasteiger partial charge in [0.05, 0.1) is 6.61 Å². The highest BCUT2D eigenvalue weighted by atomic mass is 16.5. The topological polar surface area (TPSA) is 29.5 Å². The van der Waals surface area contributed by atoms with E-state index in [1.165, 1.54) is 32.1 Å². The monoisotopic (exact) mass is 257 g/mol. The van der Waals surface area contributed by atoms with Crippen LogP contribution in [0, 0.1) is 0 Å². The van der Waals surface area contributed by atoms with E-state index in [2.05, 4.69) is 25.9 Å². The third-order valence-corrected chi connectivity index (χ3v) is 3.00. The Hall–Kier alpha value is -0.570. The van der Waals surface area contributed by atoms with Crippen molar-refractivity contribution in [3.05, 3.63) is 0 Å². The lowest BCUT2D eigenvalue weighted by Crippen LogP contribution is -2.13. The average Bonchev–Trinajstić information content (AvgIpc) is 2.33. The Labute approximate surface area is 113 Å². The highest BCUT2D eigenvalue weighted by Gasteiger charge is 2.02. The summed E-state index contributed by atoms with van der Waals surface area (Å²) in [4.78, 5) is 13.5. The minimum absolute atomic E-state index is 0.0256. The Morgan fingerprint density at radius 2 is 1.61 bits per heavy atom. The Morgan fingerprint density at radius 1 is 0.944 bits per heavy atom. The summed E-state index contributed by atoms with van der Waals surface area (Å²) in [5.74, 6) is -0.0256. The van der Waals surface area contributed by atoms with Crippen LogP contribution < -0.4 is 0 Å². The molecule has 3 heteroatoms. The molecule has 0 atom stereocenters. The van der Waals surface area contributed by atoms with Crippen molar-refractivity contribution < 1.29 is 9.53 Å². The van der Waals surface area contributed by atoms with E-state index < -0.39 is 0 Å². The van der Waals surface area contributed by atoms with E-state index in [4.69, 9.17) is 4.74 Å². The molecule has 18 heavy (non-hydrogen) atoms. The van der Waals surface area contributed by atoms with Gasteiger partial charge in [-0.3, -0.25) is 4.79 Å². The van der Waals surface area contributed by atoms with Gasteiger partial charge in [-0.1, -0.05) is 39.0 Å². The molecule has 0 aliphatic heterocycles. The number of hydrogen-bond acceptors (Lipinski definition) is 3. The molecule has 0 bridgehead atoms. The van der Waals surface area contributed by atoms with Crippen molar-refractivity contribution in [3.63, 3.8) is 0 Å². The van der Waals surface area contributed by atoms with Crippen LogP contribution in [-0.2, 0) is 9.53 Å².